The van der Waals surface area contributed by atoms with Gasteiger partial charge in [-0.15, -0.1) is 11.3 Å². The highest BCUT2D eigenvalue weighted by Gasteiger charge is 1.97. The Labute approximate surface area is 99.1 Å². The molecule has 0 bridgehead atoms. The van der Waals surface area contributed by atoms with Crippen LogP contribution in [0.4, 0.5) is 5.69 Å². The molecule has 0 saturated carbocycles. The standard InChI is InChI=1S/C12H14N2OS/c1-2-15-12-6-5-10(8-14-12)13-9-11-4-3-7-16-11/h3-8,13H,2,9H2,1H3. The molecular formula is C12H14N2OS. The number of pyridine rings is 1. The van der Waals surface area contributed by atoms with Gasteiger partial charge in [0.15, 0.2) is 0 Å². The van der Waals surface area contributed by atoms with Crippen LogP contribution in [0.25, 0.3) is 0 Å². The lowest BCUT2D eigenvalue weighted by Crippen LogP contribution is -1.99. The van der Waals surface area contributed by atoms with E-state index >= 15 is 0 Å². The van der Waals surface area contributed by atoms with Gasteiger partial charge in [-0.3, -0.25) is 0 Å². The third kappa shape index (κ3) is 2.97. The van der Waals surface area contributed by atoms with E-state index in [0.29, 0.717) is 12.5 Å². The molecule has 0 aliphatic rings. The molecule has 2 aromatic rings. The lowest BCUT2D eigenvalue weighted by Gasteiger charge is -2.05. The number of thiophene rings is 1. The summed E-state index contributed by atoms with van der Waals surface area (Å²) in [5.41, 5.74) is 1.01. The summed E-state index contributed by atoms with van der Waals surface area (Å²) in [6.07, 6.45) is 1.79. The molecule has 0 aliphatic carbocycles. The number of nitrogens with zero attached hydrogens (tertiary/aromatic N) is 1. The third-order valence-electron chi connectivity index (χ3n) is 2.08. The van der Waals surface area contributed by atoms with Gasteiger partial charge in [0, 0.05) is 17.5 Å². The number of hydrogen-bond acceptors (Lipinski definition) is 4. The molecule has 84 valence electrons. The van der Waals surface area contributed by atoms with Crippen LogP contribution in [0, 0.1) is 0 Å². The Kier molecular flexibility index (Phi) is 3.77. The topological polar surface area (TPSA) is 34.1 Å². The maximum atomic E-state index is 5.27. The van der Waals surface area contributed by atoms with Crippen molar-refractivity contribution in [1.82, 2.24) is 4.98 Å². The molecule has 0 atom stereocenters. The summed E-state index contributed by atoms with van der Waals surface area (Å²) in [6.45, 7) is 3.44. The normalized spacial score (nSPS) is 10.1. The average molecular weight is 234 g/mol. The zero-order valence-corrected chi connectivity index (χ0v) is 9.96. The number of ether oxygens (including phenoxy) is 1. The van der Waals surface area contributed by atoms with Crippen molar-refractivity contribution in [2.75, 3.05) is 11.9 Å². The molecule has 2 rings (SSSR count). The molecule has 0 radical (unpaired) electrons. The fourth-order valence-electron chi connectivity index (χ4n) is 1.32. The monoisotopic (exact) mass is 234 g/mol. The van der Waals surface area contributed by atoms with Crippen molar-refractivity contribution in [3.05, 3.63) is 40.7 Å². The number of hydrogen-bond donors (Lipinski definition) is 1. The predicted octanol–water partition coefficient (Wildman–Crippen LogP) is 3.15. The minimum absolute atomic E-state index is 0.648. The van der Waals surface area contributed by atoms with Gasteiger partial charge in [-0.1, -0.05) is 6.07 Å². The fourth-order valence-corrected chi connectivity index (χ4v) is 1.97. The van der Waals surface area contributed by atoms with Crippen LogP contribution in [0.3, 0.4) is 0 Å². The van der Waals surface area contributed by atoms with Crippen LogP contribution in [-0.2, 0) is 6.54 Å². The molecule has 0 aliphatic heterocycles. The minimum atomic E-state index is 0.648. The second-order valence-corrected chi connectivity index (χ2v) is 4.28. The molecule has 0 saturated heterocycles. The van der Waals surface area contributed by atoms with Crippen LogP contribution in [0.15, 0.2) is 35.8 Å². The van der Waals surface area contributed by atoms with Crippen molar-refractivity contribution in [1.29, 1.82) is 0 Å². The summed E-state index contributed by atoms with van der Waals surface area (Å²) < 4.78 is 5.27. The molecule has 3 nitrogen and oxygen atoms in total. The highest BCUT2D eigenvalue weighted by Crippen LogP contribution is 2.14. The van der Waals surface area contributed by atoms with E-state index in [-0.39, 0.29) is 0 Å². The Hall–Kier alpha value is -1.55. The average Bonchev–Trinajstić information content (AvgIpc) is 2.82. The minimum Gasteiger partial charge on any atom is -0.478 e. The molecule has 0 amide bonds. The maximum Gasteiger partial charge on any atom is 0.213 e. The van der Waals surface area contributed by atoms with Gasteiger partial charge in [0.25, 0.3) is 0 Å². The Morgan fingerprint density at radius 2 is 2.31 bits per heavy atom. The molecule has 16 heavy (non-hydrogen) atoms. The summed E-state index contributed by atoms with van der Waals surface area (Å²) >= 11 is 1.75. The van der Waals surface area contributed by atoms with Crippen molar-refractivity contribution in [3.8, 4) is 5.88 Å². The Morgan fingerprint density at radius 1 is 1.38 bits per heavy atom. The maximum absolute atomic E-state index is 5.27. The summed E-state index contributed by atoms with van der Waals surface area (Å²) in [6, 6.07) is 8.02. The lowest BCUT2D eigenvalue weighted by molar-refractivity contribution is 0.327. The van der Waals surface area contributed by atoms with Gasteiger partial charge in [0.05, 0.1) is 18.5 Å². The van der Waals surface area contributed by atoms with Gasteiger partial charge >= 0.3 is 0 Å². The zero-order chi connectivity index (χ0) is 11.2. The van der Waals surface area contributed by atoms with Crippen LogP contribution in [0.2, 0.25) is 0 Å². The first kappa shape index (κ1) is 11.0. The number of anilines is 1. The molecule has 0 spiro atoms. The van der Waals surface area contributed by atoms with E-state index in [1.165, 1.54) is 4.88 Å². The predicted molar refractivity (Wildman–Crippen MR) is 67.1 cm³/mol. The van der Waals surface area contributed by atoms with E-state index in [4.69, 9.17) is 4.74 Å². The van der Waals surface area contributed by atoms with Crippen molar-refractivity contribution < 1.29 is 4.74 Å². The zero-order valence-electron chi connectivity index (χ0n) is 9.14. The van der Waals surface area contributed by atoms with Crippen molar-refractivity contribution in [3.63, 3.8) is 0 Å². The molecular weight excluding hydrogens is 220 g/mol. The molecule has 0 unspecified atom stereocenters. The third-order valence-corrected chi connectivity index (χ3v) is 2.95. The molecule has 2 heterocycles. The van der Waals surface area contributed by atoms with Gasteiger partial charge in [0.2, 0.25) is 5.88 Å². The van der Waals surface area contributed by atoms with E-state index in [2.05, 4.69) is 27.8 Å². The first-order chi connectivity index (χ1) is 7.88. The fraction of sp³-hybridized carbons (Fsp3) is 0.250. The van der Waals surface area contributed by atoms with Gasteiger partial charge in [-0.25, -0.2) is 4.98 Å². The van der Waals surface area contributed by atoms with E-state index < -0.39 is 0 Å². The molecule has 1 N–H and O–H groups in total. The number of rotatable bonds is 5. The first-order valence-electron chi connectivity index (χ1n) is 5.23. The Bertz CT molecular complexity index is 411. The quantitative estimate of drug-likeness (QED) is 0.863. The van der Waals surface area contributed by atoms with Crippen LogP contribution in [0.5, 0.6) is 5.88 Å². The SMILES string of the molecule is CCOc1ccc(NCc2cccs2)cn1. The Balaban J connectivity index is 1.90. The summed E-state index contributed by atoms with van der Waals surface area (Å²) in [5.74, 6) is 0.671. The lowest BCUT2D eigenvalue weighted by atomic mass is 10.4. The second kappa shape index (κ2) is 5.51. The highest BCUT2D eigenvalue weighted by molar-refractivity contribution is 7.09. The van der Waals surface area contributed by atoms with Crippen LogP contribution < -0.4 is 10.1 Å². The second-order valence-electron chi connectivity index (χ2n) is 3.25. The van der Waals surface area contributed by atoms with E-state index in [9.17, 15) is 0 Å². The van der Waals surface area contributed by atoms with Crippen molar-refractivity contribution in [2.24, 2.45) is 0 Å². The summed E-state index contributed by atoms with van der Waals surface area (Å²) in [4.78, 5) is 5.50. The van der Waals surface area contributed by atoms with Gasteiger partial charge in [0.1, 0.15) is 0 Å². The molecule has 2 aromatic heterocycles. The van der Waals surface area contributed by atoms with Crippen LogP contribution in [0.1, 0.15) is 11.8 Å². The van der Waals surface area contributed by atoms with Crippen LogP contribution >= 0.6 is 11.3 Å². The van der Waals surface area contributed by atoms with Crippen molar-refractivity contribution >= 4 is 17.0 Å². The Morgan fingerprint density at radius 3 is 2.94 bits per heavy atom. The first-order valence-corrected chi connectivity index (χ1v) is 6.11. The summed E-state index contributed by atoms with van der Waals surface area (Å²) in [5, 5.41) is 5.39. The van der Waals surface area contributed by atoms with Gasteiger partial charge in [-0.2, -0.15) is 0 Å². The smallest absolute Gasteiger partial charge is 0.213 e. The van der Waals surface area contributed by atoms with E-state index in [1.54, 1.807) is 17.5 Å². The highest BCUT2D eigenvalue weighted by atomic mass is 32.1. The summed E-state index contributed by atoms with van der Waals surface area (Å²) in [7, 11) is 0. The molecule has 0 aromatic carbocycles. The molecule has 4 heteroatoms. The van der Waals surface area contributed by atoms with E-state index in [0.717, 1.165) is 12.2 Å². The van der Waals surface area contributed by atoms with Crippen LogP contribution in [-0.4, -0.2) is 11.6 Å². The largest absolute Gasteiger partial charge is 0.478 e. The van der Waals surface area contributed by atoms with Crippen molar-refractivity contribution in [2.45, 2.75) is 13.5 Å². The van der Waals surface area contributed by atoms with E-state index in [1.807, 2.05) is 19.1 Å². The molecule has 0 fully saturated rings. The number of nitrogens with one attached hydrogen (secondary N) is 1. The van der Waals surface area contributed by atoms with Gasteiger partial charge < -0.3 is 10.1 Å². The van der Waals surface area contributed by atoms with Gasteiger partial charge in [-0.05, 0) is 24.4 Å². The number of aromatic nitrogens is 1.